The van der Waals surface area contributed by atoms with Crippen LogP contribution in [-0.4, -0.2) is 39.8 Å². The summed E-state index contributed by atoms with van der Waals surface area (Å²) in [6.07, 6.45) is 1.48. The predicted molar refractivity (Wildman–Crippen MR) is 122 cm³/mol. The molecule has 0 saturated heterocycles. The number of phenolic OH excluding ortho intramolecular Hbond substituents is 2. The summed E-state index contributed by atoms with van der Waals surface area (Å²) in [5.41, 5.74) is 1.46. The van der Waals surface area contributed by atoms with E-state index in [1.165, 1.54) is 42.2 Å². The van der Waals surface area contributed by atoms with Crippen molar-refractivity contribution in [2.75, 3.05) is 7.05 Å². The highest BCUT2D eigenvalue weighted by Gasteiger charge is 2.27. The summed E-state index contributed by atoms with van der Waals surface area (Å²) in [5.74, 6) is -1.44. The summed E-state index contributed by atoms with van der Waals surface area (Å²) < 4.78 is 42.4. The van der Waals surface area contributed by atoms with Crippen LogP contribution in [0.5, 0.6) is 11.5 Å². The number of rotatable bonds is 6. The topological polar surface area (TPSA) is 95.7 Å². The van der Waals surface area contributed by atoms with Crippen LogP contribution in [-0.2, 0) is 16.6 Å². The molecule has 4 rings (SSSR count). The van der Waals surface area contributed by atoms with Gasteiger partial charge in [0, 0.05) is 25.2 Å². The van der Waals surface area contributed by atoms with Crippen molar-refractivity contribution >= 4 is 21.6 Å². The molecule has 0 spiro atoms. The molecule has 0 radical (unpaired) electrons. The SMILES string of the molecule is CN(Cc1cccc(F)c1)S(=O)(=O)c1cc(-c2ccnn2-c2ccccc2Cl)c(O)cc1O. The minimum absolute atomic E-state index is 0.118. The first kappa shape index (κ1) is 22.8. The van der Waals surface area contributed by atoms with E-state index >= 15 is 0 Å². The highest BCUT2D eigenvalue weighted by molar-refractivity contribution is 7.89. The second-order valence-electron chi connectivity index (χ2n) is 7.31. The molecule has 3 aromatic carbocycles. The van der Waals surface area contributed by atoms with Gasteiger partial charge in [-0.2, -0.15) is 9.40 Å². The van der Waals surface area contributed by atoms with Gasteiger partial charge in [0.2, 0.25) is 10.0 Å². The number of hydrogen-bond acceptors (Lipinski definition) is 5. The van der Waals surface area contributed by atoms with Gasteiger partial charge >= 0.3 is 0 Å². The van der Waals surface area contributed by atoms with Crippen LogP contribution < -0.4 is 0 Å². The maximum absolute atomic E-state index is 13.5. The van der Waals surface area contributed by atoms with Crippen molar-refractivity contribution < 1.29 is 23.0 Å². The summed E-state index contributed by atoms with van der Waals surface area (Å²) in [4.78, 5) is -0.416. The number of para-hydroxylation sites is 1. The molecule has 0 atom stereocenters. The van der Waals surface area contributed by atoms with Crippen LogP contribution in [0.2, 0.25) is 5.02 Å². The Balaban J connectivity index is 1.78. The van der Waals surface area contributed by atoms with E-state index in [0.717, 1.165) is 10.4 Å². The third kappa shape index (κ3) is 4.43. The van der Waals surface area contributed by atoms with Gasteiger partial charge in [-0.1, -0.05) is 35.9 Å². The van der Waals surface area contributed by atoms with E-state index in [-0.39, 0.29) is 17.9 Å². The molecule has 1 heterocycles. The molecule has 0 fully saturated rings. The molecular formula is C23H19ClFN3O4S. The molecule has 33 heavy (non-hydrogen) atoms. The lowest BCUT2D eigenvalue weighted by atomic mass is 10.1. The van der Waals surface area contributed by atoms with Crippen LogP contribution in [0, 0.1) is 5.82 Å². The molecule has 7 nitrogen and oxygen atoms in total. The molecular weight excluding hydrogens is 469 g/mol. The molecule has 0 aliphatic heterocycles. The molecule has 0 bridgehead atoms. The Morgan fingerprint density at radius 2 is 1.79 bits per heavy atom. The summed E-state index contributed by atoms with van der Waals surface area (Å²) in [6, 6.07) is 16.2. The van der Waals surface area contributed by atoms with Gasteiger partial charge in [-0.05, 0) is 42.0 Å². The van der Waals surface area contributed by atoms with Crippen molar-refractivity contribution in [3.63, 3.8) is 0 Å². The second-order valence-corrected chi connectivity index (χ2v) is 9.73. The number of aromatic nitrogens is 2. The number of nitrogens with zero attached hydrogens (tertiary/aromatic N) is 3. The van der Waals surface area contributed by atoms with E-state index in [1.807, 2.05) is 0 Å². The summed E-state index contributed by atoms with van der Waals surface area (Å²) in [5, 5.41) is 25.5. The van der Waals surface area contributed by atoms with E-state index in [1.54, 1.807) is 36.4 Å². The van der Waals surface area contributed by atoms with Gasteiger partial charge in [-0.3, -0.25) is 0 Å². The summed E-state index contributed by atoms with van der Waals surface area (Å²) in [6.45, 7) is -0.118. The van der Waals surface area contributed by atoms with Crippen LogP contribution in [0.3, 0.4) is 0 Å². The minimum Gasteiger partial charge on any atom is -0.507 e. The largest absolute Gasteiger partial charge is 0.507 e. The number of benzene rings is 3. The zero-order valence-electron chi connectivity index (χ0n) is 17.4. The lowest BCUT2D eigenvalue weighted by molar-refractivity contribution is 0.429. The van der Waals surface area contributed by atoms with Crippen molar-refractivity contribution in [1.82, 2.24) is 14.1 Å². The van der Waals surface area contributed by atoms with E-state index in [9.17, 15) is 23.0 Å². The van der Waals surface area contributed by atoms with Gasteiger partial charge in [0.05, 0.1) is 22.6 Å². The Kier molecular flexibility index (Phi) is 6.11. The molecule has 0 amide bonds. The van der Waals surface area contributed by atoms with Gasteiger partial charge in [-0.15, -0.1) is 0 Å². The van der Waals surface area contributed by atoms with Gasteiger partial charge in [0.1, 0.15) is 22.2 Å². The first-order chi connectivity index (χ1) is 15.7. The number of aromatic hydroxyl groups is 2. The number of halogens is 2. The Morgan fingerprint density at radius 1 is 1.03 bits per heavy atom. The fourth-order valence-corrected chi connectivity index (χ4v) is 4.90. The first-order valence-corrected chi connectivity index (χ1v) is 11.6. The average Bonchev–Trinajstić information content (AvgIpc) is 3.23. The Hall–Kier alpha value is -3.40. The normalized spacial score (nSPS) is 11.8. The van der Waals surface area contributed by atoms with E-state index in [0.29, 0.717) is 22.0 Å². The first-order valence-electron chi connectivity index (χ1n) is 9.74. The lowest BCUT2D eigenvalue weighted by Crippen LogP contribution is -2.26. The smallest absolute Gasteiger partial charge is 0.246 e. The van der Waals surface area contributed by atoms with Crippen LogP contribution in [0.15, 0.2) is 77.8 Å². The Bertz CT molecular complexity index is 1440. The van der Waals surface area contributed by atoms with Crippen molar-refractivity contribution in [1.29, 1.82) is 0 Å². The fraction of sp³-hybridized carbons (Fsp3) is 0.0870. The number of sulfonamides is 1. The number of phenols is 2. The van der Waals surface area contributed by atoms with Gasteiger partial charge in [0.15, 0.2) is 0 Å². The molecule has 0 saturated carbocycles. The van der Waals surface area contributed by atoms with Crippen molar-refractivity contribution in [3.05, 3.63) is 89.3 Å². The maximum atomic E-state index is 13.5. The molecule has 2 N–H and O–H groups in total. The van der Waals surface area contributed by atoms with Gasteiger partial charge in [0.25, 0.3) is 0 Å². The third-order valence-electron chi connectivity index (χ3n) is 5.06. The summed E-state index contributed by atoms with van der Waals surface area (Å²) in [7, 11) is -2.88. The predicted octanol–water partition coefficient (Wildman–Crippen LogP) is 4.56. The highest BCUT2D eigenvalue weighted by atomic mass is 35.5. The molecule has 0 aliphatic rings. The van der Waals surface area contributed by atoms with Crippen molar-refractivity contribution in [2.45, 2.75) is 11.4 Å². The molecule has 1 aromatic heterocycles. The van der Waals surface area contributed by atoms with E-state index in [2.05, 4.69) is 5.10 Å². The summed E-state index contributed by atoms with van der Waals surface area (Å²) >= 11 is 6.28. The van der Waals surface area contributed by atoms with E-state index < -0.39 is 26.5 Å². The van der Waals surface area contributed by atoms with Crippen molar-refractivity contribution in [2.24, 2.45) is 0 Å². The molecule has 0 aliphatic carbocycles. The second kappa shape index (κ2) is 8.86. The lowest BCUT2D eigenvalue weighted by Gasteiger charge is -2.19. The molecule has 4 aromatic rings. The van der Waals surface area contributed by atoms with Gasteiger partial charge in [-0.25, -0.2) is 17.5 Å². The fourth-order valence-electron chi connectivity index (χ4n) is 3.44. The quantitative estimate of drug-likeness (QED) is 0.415. The minimum atomic E-state index is -4.20. The standard InChI is InChI=1S/C23H19ClFN3O4S/c1-27(14-15-5-4-6-16(25)11-15)33(31,32)23-12-17(21(29)13-22(23)30)19-9-10-26-28(19)20-8-3-2-7-18(20)24/h2-13,29-30H,14H2,1H3. The van der Waals surface area contributed by atoms with Crippen LogP contribution in [0.4, 0.5) is 4.39 Å². The zero-order valence-corrected chi connectivity index (χ0v) is 18.9. The Morgan fingerprint density at radius 3 is 2.52 bits per heavy atom. The monoisotopic (exact) mass is 487 g/mol. The molecule has 0 unspecified atom stereocenters. The van der Waals surface area contributed by atoms with Crippen LogP contribution >= 0.6 is 11.6 Å². The highest BCUT2D eigenvalue weighted by Crippen LogP contribution is 2.39. The van der Waals surface area contributed by atoms with Crippen molar-refractivity contribution in [3.8, 4) is 28.4 Å². The van der Waals surface area contributed by atoms with Crippen LogP contribution in [0.25, 0.3) is 16.9 Å². The van der Waals surface area contributed by atoms with Gasteiger partial charge < -0.3 is 10.2 Å². The number of hydrogen-bond donors (Lipinski definition) is 2. The molecule has 10 heteroatoms. The third-order valence-corrected chi connectivity index (χ3v) is 7.21. The maximum Gasteiger partial charge on any atom is 0.246 e. The molecule has 170 valence electrons. The average molecular weight is 488 g/mol. The van der Waals surface area contributed by atoms with E-state index in [4.69, 9.17) is 11.6 Å². The van der Waals surface area contributed by atoms with Crippen LogP contribution in [0.1, 0.15) is 5.56 Å². The Labute approximate surface area is 195 Å². The zero-order chi connectivity index (χ0) is 23.8.